The number of benzene rings is 1. The van der Waals surface area contributed by atoms with Crippen molar-refractivity contribution in [1.29, 1.82) is 0 Å². The Hall–Kier alpha value is -3.52. The van der Waals surface area contributed by atoms with Crippen LogP contribution < -0.4 is 5.56 Å². The number of nitrogens with zero attached hydrogens (tertiary/aromatic N) is 6. The molecule has 0 aliphatic heterocycles. The number of rotatable bonds is 4. The summed E-state index contributed by atoms with van der Waals surface area (Å²) in [7, 11) is 0. The number of fused-ring (bicyclic) bond motifs is 3. The lowest BCUT2D eigenvalue weighted by Crippen LogP contribution is -2.21. The predicted molar refractivity (Wildman–Crippen MR) is 105 cm³/mol. The quantitative estimate of drug-likeness (QED) is 0.508. The molecule has 9 heteroatoms. The molecule has 5 aromatic rings. The number of nitrogens with one attached hydrogen (secondary N) is 1. The van der Waals surface area contributed by atoms with E-state index in [1.54, 1.807) is 40.1 Å². The van der Waals surface area contributed by atoms with Gasteiger partial charge in [-0.15, -0.1) is 5.10 Å². The Bertz CT molecular complexity index is 1350. The first-order valence-electron chi connectivity index (χ1n) is 8.68. The van der Waals surface area contributed by atoms with Gasteiger partial charge >= 0.3 is 0 Å². The molecule has 0 aliphatic rings. The summed E-state index contributed by atoms with van der Waals surface area (Å²) >= 11 is 6.26. The summed E-state index contributed by atoms with van der Waals surface area (Å²) in [5, 5.41) is 5.57. The topological polar surface area (TPSA) is 93.8 Å². The summed E-state index contributed by atoms with van der Waals surface area (Å²) in [5.74, 6) is 0.881. The summed E-state index contributed by atoms with van der Waals surface area (Å²) in [4.78, 5) is 28.7. The van der Waals surface area contributed by atoms with Gasteiger partial charge in [-0.25, -0.2) is 9.97 Å². The predicted octanol–water partition coefficient (Wildman–Crippen LogP) is 2.73. The minimum absolute atomic E-state index is 0.124. The number of aromatic amines is 1. The second-order valence-electron chi connectivity index (χ2n) is 6.33. The Balaban J connectivity index is 1.59. The highest BCUT2D eigenvalue weighted by atomic mass is 35.5. The molecule has 0 atom stereocenters. The van der Waals surface area contributed by atoms with Crippen LogP contribution in [0.4, 0.5) is 0 Å². The molecule has 5 rings (SSSR count). The van der Waals surface area contributed by atoms with Gasteiger partial charge in [0.1, 0.15) is 0 Å². The van der Waals surface area contributed by atoms with E-state index < -0.39 is 0 Å². The van der Waals surface area contributed by atoms with Gasteiger partial charge in [0.15, 0.2) is 5.82 Å². The highest BCUT2D eigenvalue weighted by Crippen LogP contribution is 2.25. The summed E-state index contributed by atoms with van der Waals surface area (Å²) in [5.41, 5.74) is 2.22. The van der Waals surface area contributed by atoms with Crippen molar-refractivity contribution < 1.29 is 0 Å². The molecular weight excluding hydrogens is 378 g/mol. The molecule has 0 amide bonds. The summed E-state index contributed by atoms with van der Waals surface area (Å²) in [6, 6.07) is 9.20. The number of aromatic nitrogens is 7. The summed E-state index contributed by atoms with van der Waals surface area (Å²) < 4.78 is 3.23. The smallest absolute Gasteiger partial charge is 0.261 e. The van der Waals surface area contributed by atoms with Gasteiger partial charge in [0.25, 0.3) is 11.3 Å². The molecule has 0 saturated heterocycles. The molecule has 8 nitrogen and oxygen atoms in total. The van der Waals surface area contributed by atoms with Crippen LogP contribution in [0.25, 0.3) is 28.1 Å². The van der Waals surface area contributed by atoms with Crippen molar-refractivity contribution in [2.24, 2.45) is 0 Å². The van der Waals surface area contributed by atoms with Crippen LogP contribution in [0.3, 0.4) is 0 Å². The van der Waals surface area contributed by atoms with E-state index in [9.17, 15) is 4.79 Å². The van der Waals surface area contributed by atoms with Gasteiger partial charge in [0.05, 0.1) is 22.3 Å². The van der Waals surface area contributed by atoms with Crippen molar-refractivity contribution in [2.45, 2.75) is 13.0 Å². The molecule has 138 valence electrons. The maximum absolute atomic E-state index is 12.9. The Kier molecular flexibility index (Phi) is 3.91. The number of hydrogen-bond acceptors (Lipinski definition) is 5. The van der Waals surface area contributed by atoms with Gasteiger partial charge in [-0.2, -0.15) is 9.50 Å². The third-order valence-corrected chi connectivity index (χ3v) is 4.93. The third kappa shape index (κ3) is 2.74. The zero-order chi connectivity index (χ0) is 19.1. The van der Waals surface area contributed by atoms with E-state index >= 15 is 0 Å². The molecule has 4 heterocycles. The number of imidazole rings is 1. The lowest BCUT2D eigenvalue weighted by Gasteiger charge is -2.06. The van der Waals surface area contributed by atoms with Crippen molar-refractivity contribution in [3.8, 4) is 11.4 Å². The second kappa shape index (κ2) is 6.58. The van der Waals surface area contributed by atoms with E-state index in [1.165, 1.54) is 0 Å². The second-order valence-corrected chi connectivity index (χ2v) is 6.73. The highest BCUT2D eigenvalue weighted by molar-refractivity contribution is 6.33. The molecule has 4 aromatic heterocycles. The monoisotopic (exact) mass is 391 g/mol. The normalized spacial score (nSPS) is 11.5. The SMILES string of the molecule is O=c1c2cnc3nc(-c4ccccc4Cl)nn3c2ccn1CCc1cnc[nH]1. The van der Waals surface area contributed by atoms with Crippen molar-refractivity contribution in [2.75, 3.05) is 0 Å². The first-order valence-corrected chi connectivity index (χ1v) is 9.05. The van der Waals surface area contributed by atoms with Crippen LogP contribution in [0.1, 0.15) is 5.69 Å². The molecule has 0 fully saturated rings. The van der Waals surface area contributed by atoms with Gasteiger partial charge in [0.2, 0.25) is 0 Å². The van der Waals surface area contributed by atoms with Crippen molar-refractivity contribution in [1.82, 2.24) is 34.1 Å². The molecule has 28 heavy (non-hydrogen) atoms. The van der Waals surface area contributed by atoms with Crippen LogP contribution in [0, 0.1) is 0 Å². The average Bonchev–Trinajstić information content (AvgIpc) is 3.37. The molecule has 0 bridgehead atoms. The van der Waals surface area contributed by atoms with E-state index in [-0.39, 0.29) is 5.56 Å². The van der Waals surface area contributed by atoms with E-state index in [1.807, 2.05) is 24.3 Å². The minimum Gasteiger partial charge on any atom is -0.348 e. The van der Waals surface area contributed by atoms with Gasteiger partial charge in [-0.05, 0) is 18.2 Å². The largest absolute Gasteiger partial charge is 0.348 e. The van der Waals surface area contributed by atoms with Crippen LogP contribution in [0.2, 0.25) is 5.02 Å². The van der Waals surface area contributed by atoms with Gasteiger partial charge in [-0.3, -0.25) is 4.79 Å². The third-order valence-electron chi connectivity index (χ3n) is 4.60. The Morgan fingerprint density at radius 2 is 2.04 bits per heavy atom. The first kappa shape index (κ1) is 16.6. The standard InChI is InChI=1S/C19H14ClN7O/c20-15-4-2-1-3-13(15)17-24-19-22-10-14-16(27(19)25-17)6-8-26(18(14)28)7-5-12-9-21-11-23-12/h1-4,6,8-11H,5,7H2,(H,21,23). The summed E-state index contributed by atoms with van der Waals surface area (Å²) in [6.45, 7) is 0.539. The summed E-state index contributed by atoms with van der Waals surface area (Å²) in [6.07, 6.45) is 7.37. The lowest BCUT2D eigenvalue weighted by atomic mass is 10.2. The highest BCUT2D eigenvalue weighted by Gasteiger charge is 2.14. The number of halogens is 1. The van der Waals surface area contributed by atoms with Crippen molar-refractivity contribution in [3.63, 3.8) is 0 Å². The fourth-order valence-corrected chi connectivity index (χ4v) is 3.37. The number of aryl methyl sites for hydroxylation is 2. The average molecular weight is 392 g/mol. The minimum atomic E-state index is -0.124. The Morgan fingerprint density at radius 3 is 2.86 bits per heavy atom. The lowest BCUT2D eigenvalue weighted by molar-refractivity contribution is 0.666. The molecule has 0 radical (unpaired) electrons. The zero-order valence-electron chi connectivity index (χ0n) is 14.6. The maximum atomic E-state index is 12.9. The number of H-pyrrole nitrogens is 1. The van der Waals surface area contributed by atoms with E-state index in [2.05, 4.69) is 25.0 Å². The molecular formula is C19H14ClN7O. The van der Waals surface area contributed by atoms with Crippen LogP contribution in [-0.2, 0) is 13.0 Å². The zero-order valence-corrected chi connectivity index (χ0v) is 15.3. The first-order chi connectivity index (χ1) is 13.7. The van der Waals surface area contributed by atoms with E-state index in [0.29, 0.717) is 40.5 Å². The number of hydrogen-bond donors (Lipinski definition) is 1. The molecule has 1 N–H and O–H groups in total. The van der Waals surface area contributed by atoms with Crippen LogP contribution in [0.5, 0.6) is 0 Å². The van der Waals surface area contributed by atoms with Crippen LogP contribution in [-0.4, -0.2) is 34.1 Å². The van der Waals surface area contributed by atoms with Crippen molar-refractivity contribution in [3.05, 3.63) is 76.3 Å². The van der Waals surface area contributed by atoms with Gasteiger partial charge in [-0.1, -0.05) is 23.7 Å². The maximum Gasteiger partial charge on any atom is 0.261 e. The molecule has 0 aliphatic carbocycles. The van der Waals surface area contributed by atoms with Gasteiger partial charge < -0.3 is 9.55 Å². The fourth-order valence-electron chi connectivity index (χ4n) is 3.15. The Labute approximate surface area is 163 Å². The Morgan fingerprint density at radius 1 is 1.14 bits per heavy atom. The number of pyridine rings is 1. The van der Waals surface area contributed by atoms with Gasteiger partial charge in [0, 0.05) is 42.8 Å². The van der Waals surface area contributed by atoms with Crippen LogP contribution >= 0.6 is 11.6 Å². The molecule has 0 unspecified atom stereocenters. The molecule has 1 aromatic carbocycles. The molecule has 0 saturated carbocycles. The molecule has 0 spiro atoms. The fraction of sp³-hybridized carbons (Fsp3) is 0.105. The van der Waals surface area contributed by atoms with Crippen molar-refractivity contribution >= 4 is 28.3 Å². The van der Waals surface area contributed by atoms with Crippen LogP contribution in [0.15, 0.2) is 60.0 Å². The van der Waals surface area contributed by atoms with E-state index in [4.69, 9.17) is 11.6 Å². The van der Waals surface area contributed by atoms with E-state index in [0.717, 1.165) is 11.3 Å².